The summed E-state index contributed by atoms with van der Waals surface area (Å²) in [6.45, 7) is 28.6. The lowest BCUT2D eigenvalue weighted by molar-refractivity contribution is 0.331. The summed E-state index contributed by atoms with van der Waals surface area (Å²) in [6.07, 6.45) is 4.69. The van der Waals surface area contributed by atoms with Crippen molar-refractivity contribution in [3.05, 3.63) is 137 Å². The van der Waals surface area contributed by atoms with Crippen molar-refractivity contribution >= 4 is 28.4 Å². The van der Waals surface area contributed by atoms with Crippen LogP contribution in [-0.4, -0.2) is 0 Å². The Kier molecular flexibility index (Phi) is 9.03. The molecule has 0 amide bonds. The number of hydrogen-bond donors (Lipinski definition) is 1. The summed E-state index contributed by atoms with van der Waals surface area (Å²) >= 11 is 0. The molecular formula is C51H62N2. The standard InChI is InChI=1S/C51H62N2/c1-34-29-38(52-37-23-21-36(22-24-37)47(2,3)4)31-39(30-34)53(44-20-16-19-41-46(44)51(11,12)28-27-48(41,5)6)45-33-43-42(49(7,8)25-26-50(43,9)10)32-40(45)35-17-14-13-15-18-35/h13-24,29-33,52H,25-28H2,1-12H3. The number of hydrogen-bond acceptors (Lipinski definition) is 2. The third kappa shape index (κ3) is 6.95. The van der Waals surface area contributed by atoms with Crippen LogP contribution in [0.3, 0.4) is 0 Å². The highest BCUT2D eigenvalue weighted by Crippen LogP contribution is 2.55. The highest BCUT2D eigenvalue weighted by molar-refractivity contribution is 5.92. The Morgan fingerprint density at radius 2 is 1.11 bits per heavy atom. The molecule has 5 aromatic rings. The van der Waals surface area contributed by atoms with Crippen LogP contribution in [0.1, 0.15) is 135 Å². The van der Waals surface area contributed by atoms with Crippen LogP contribution in [0.25, 0.3) is 11.1 Å². The highest BCUT2D eigenvalue weighted by Gasteiger charge is 2.42. The van der Waals surface area contributed by atoms with Crippen molar-refractivity contribution in [2.24, 2.45) is 0 Å². The molecule has 0 heterocycles. The molecule has 2 aliphatic rings. The number of fused-ring (bicyclic) bond motifs is 2. The first-order valence-corrected chi connectivity index (χ1v) is 19.9. The van der Waals surface area contributed by atoms with Crippen LogP contribution < -0.4 is 10.2 Å². The molecule has 0 radical (unpaired) electrons. The second-order valence-electron chi connectivity index (χ2n) is 19.9. The molecule has 53 heavy (non-hydrogen) atoms. The number of benzene rings is 5. The van der Waals surface area contributed by atoms with Crippen molar-refractivity contribution in [3.8, 4) is 11.1 Å². The summed E-state index contributed by atoms with van der Waals surface area (Å²) in [7, 11) is 0. The molecule has 0 spiro atoms. The Morgan fingerprint density at radius 1 is 0.528 bits per heavy atom. The summed E-state index contributed by atoms with van der Waals surface area (Å²) in [5.74, 6) is 0. The highest BCUT2D eigenvalue weighted by atomic mass is 15.2. The van der Waals surface area contributed by atoms with Crippen molar-refractivity contribution in [3.63, 3.8) is 0 Å². The quantitative estimate of drug-likeness (QED) is 0.189. The van der Waals surface area contributed by atoms with Gasteiger partial charge in [-0.05, 0) is 147 Å². The third-order valence-electron chi connectivity index (χ3n) is 12.7. The van der Waals surface area contributed by atoms with E-state index >= 15 is 0 Å². The van der Waals surface area contributed by atoms with E-state index in [9.17, 15) is 0 Å². The topological polar surface area (TPSA) is 15.3 Å². The number of anilines is 5. The van der Waals surface area contributed by atoms with Crippen molar-refractivity contribution < 1.29 is 0 Å². The van der Waals surface area contributed by atoms with Gasteiger partial charge < -0.3 is 10.2 Å². The minimum absolute atomic E-state index is 0.0157. The molecule has 2 aliphatic carbocycles. The second kappa shape index (κ2) is 12.9. The van der Waals surface area contributed by atoms with Crippen LogP contribution in [0.15, 0.2) is 103 Å². The molecule has 0 aromatic heterocycles. The zero-order chi connectivity index (χ0) is 38.1. The molecule has 5 aromatic carbocycles. The van der Waals surface area contributed by atoms with Crippen molar-refractivity contribution in [2.45, 2.75) is 136 Å². The van der Waals surface area contributed by atoms with Gasteiger partial charge in [0, 0.05) is 22.6 Å². The average Bonchev–Trinajstić information content (AvgIpc) is 3.09. The molecule has 0 fully saturated rings. The second-order valence-corrected chi connectivity index (χ2v) is 19.9. The first kappa shape index (κ1) is 37.0. The number of nitrogens with zero attached hydrogens (tertiary/aromatic N) is 1. The minimum atomic E-state index is 0.0157. The summed E-state index contributed by atoms with van der Waals surface area (Å²) in [5, 5.41) is 3.81. The van der Waals surface area contributed by atoms with E-state index in [-0.39, 0.29) is 27.1 Å². The zero-order valence-electron chi connectivity index (χ0n) is 34.6. The van der Waals surface area contributed by atoms with E-state index in [0.717, 1.165) is 17.8 Å². The molecule has 0 atom stereocenters. The predicted octanol–water partition coefficient (Wildman–Crippen LogP) is 14.9. The Bertz CT molecular complexity index is 2140. The van der Waals surface area contributed by atoms with E-state index in [1.165, 1.54) is 80.8 Å². The van der Waals surface area contributed by atoms with Crippen LogP contribution in [0, 0.1) is 6.92 Å². The van der Waals surface area contributed by atoms with Gasteiger partial charge in [-0.25, -0.2) is 0 Å². The van der Waals surface area contributed by atoms with Crippen LogP contribution >= 0.6 is 0 Å². The minimum Gasteiger partial charge on any atom is -0.355 e. The maximum absolute atomic E-state index is 3.81. The molecule has 0 bridgehead atoms. The fraction of sp³-hybridized carbons (Fsp3) is 0.412. The molecular weight excluding hydrogens is 641 g/mol. The molecule has 0 saturated carbocycles. The lowest BCUT2D eigenvalue weighted by atomic mass is 9.62. The SMILES string of the molecule is Cc1cc(Nc2ccc(C(C)(C)C)cc2)cc(N(c2cc3c(cc2-c2ccccc2)C(C)(C)CCC3(C)C)c2cccc3c2C(C)(C)CCC3(C)C)c1. The van der Waals surface area contributed by atoms with E-state index in [2.05, 4.69) is 196 Å². The van der Waals surface area contributed by atoms with Crippen LogP contribution in [-0.2, 0) is 27.1 Å². The van der Waals surface area contributed by atoms with Crippen molar-refractivity contribution in [1.29, 1.82) is 0 Å². The lowest BCUT2D eigenvalue weighted by Gasteiger charge is -2.46. The van der Waals surface area contributed by atoms with Gasteiger partial charge in [-0.15, -0.1) is 0 Å². The van der Waals surface area contributed by atoms with Gasteiger partial charge in [0.2, 0.25) is 0 Å². The largest absolute Gasteiger partial charge is 0.355 e. The Labute approximate surface area is 321 Å². The normalized spacial score (nSPS) is 18.1. The van der Waals surface area contributed by atoms with Crippen LogP contribution in [0.4, 0.5) is 28.4 Å². The summed E-state index contributed by atoms with van der Waals surface area (Å²) in [4.78, 5) is 2.63. The van der Waals surface area contributed by atoms with Gasteiger partial charge in [0.05, 0.1) is 11.4 Å². The van der Waals surface area contributed by atoms with Gasteiger partial charge in [-0.2, -0.15) is 0 Å². The number of aryl methyl sites for hydroxylation is 1. The van der Waals surface area contributed by atoms with E-state index in [1.54, 1.807) is 0 Å². The Morgan fingerprint density at radius 3 is 1.74 bits per heavy atom. The summed E-state index contributed by atoms with van der Waals surface area (Å²) in [5.41, 5.74) is 17.3. The van der Waals surface area contributed by atoms with E-state index in [1.807, 2.05) is 0 Å². The smallest absolute Gasteiger partial charge is 0.0543 e. The van der Waals surface area contributed by atoms with Crippen molar-refractivity contribution in [1.82, 2.24) is 0 Å². The van der Waals surface area contributed by atoms with Crippen molar-refractivity contribution in [2.75, 3.05) is 10.2 Å². The number of rotatable bonds is 6. The van der Waals surface area contributed by atoms with Gasteiger partial charge in [-0.1, -0.05) is 131 Å². The fourth-order valence-electron chi connectivity index (χ4n) is 9.12. The molecule has 7 rings (SSSR count). The first-order valence-electron chi connectivity index (χ1n) is 19.9. The molecule has 276 valence electrons. The molecule has 2 nitrogen and oxygen atoms in total. The zero-order valence-corrected chi connectivity index (χ0v) is 34.6. The van der Waals surface area contributed by atoms with Gasteiger partial charge >= 0.3 is 0 Å². The first-order chi connectivity index (χ1) is 24.8. The fourth-order valence-corrected chi connectivity index (χ4v) is 9.12. The molecule has 0 saturated heterocycles. The maximum atomic E-state index is 3.81. The van der Waals surface area contributed by atoms with Crippen LogP contribution in [0.5, 0.6) is 0 Å². The van der Waals surface area contributed by atoms with Gasteiger partial charge in [0.15, 0.2) is 0 Å². The van der Waals surface area contributed by atoms with E-state index < -0.39 is 0 Å². The third-order valence-corrected chi connectivity index (χ3v) is 12.7. The number of nitrogens with one attached hydrogen (secondary N) is 1. The Hall–Kier alpha value is -4.30. The predicted molar refractivity (Wildman–Crippen MR) is 230 cm³/mol. The van der Waals surface area contributed by atoms with Crippen LogP contribution in [0.2, 0.25) is 0 Å². The molecule has 0 unspecified atom stereocenters. The molecule has 2 heteroatoms. The van der Waals surface area contributed by atoms with E-state index in [0.29, 0.717) is 0 Å². The monoisotopic (exact) mass is 702 g/mol. The van der Waals surface area contributed by atoms with E-state index in [4.69, 9.17) is 0 Å². The molecule has 0 aliphatic heterocycles. The summed E-state index contributed by atoms with van der Waals surface area (Å²) < 4.78 is 0. The average molecular weight is 703 g/mol. The lowest BCUT2D eigenvalue weighted by Crippen LogP contribution is -2.36. The summed E-state index contributed by atoms with van der Waals surface area (Å²) in [6, 6.07) is 39.3. The Balaban J connectivity index is 1.53. The molecule has 1 N–H and O–H groups in total. The van der Waals surface area contributed by atoms with Gasteiger partial charge in [0.1, 0.15) is 0 Å². The van der Waals surface area contributed by atoms with Gasteiger partial charge in [-0.3, -0.25) is 0 Å². The maximum Gasteiger partial charge on any atom is 0.0543 e. The van der Waals surface area contributed by atoms with Gasteiger partial charge in [0.25, 0.3) is 0 Å².